The van der Waals surface area contributed by atoms with E-state index in [0.717, 1.165) is 29.8 Å². The fourth-order valence-electron chi connectivity index (χ4n) is 4.54. The predicted molar refractivity (Wildman–Crippen MR) is 81.3 cm³/mol. The molecular formula is C17H32N2. The summed E-state index contributed by atoms with van der Waals surface area (Å²) in [5.41, 5.74) is 0. The number of likely N-dealkylation sites (tertiary alicyclic amines) is 1. The Morgan fingerprint density at radius 3 is 2.37 bits per heavy atom. The molecule has 0 spiro atoms. The van der Waals surface area contributed by atoms with Crippen molar-refractivity contribution >= 4 is 0 Å². The molecule has 19 heavy (non-hydrogen) atoms. The number of nitrogens with one attached hydrogen (secondary N) is 1. The van der Waals surface area contributed by atoms with Gasteiger partial charge in [-0.25, -0.2) is 0 Å². The third-order valence-electron chi connectivity index (χ3n) is 5.72. The Hall–Kier alpha value is -0.0800. The molecule has 3 aliphatic rings. The average Bonchev–Trinajstić information content (AvgIpc) is 2.85. The molecule has 110 valence electrons. The van der Waals surface area contributed by atoms with Gasteiger partial charge in [0.15, 0.2) is 0 Å². The summed E-state index contributed by atoms with van der Waals surface area (Å²) in [5, 5.41) is 3.90. The molecule has 2 heteroatoms. The minimum absolute atomic E-state index is 0.764. The standard InChI is InChI=1S/C17H32N2/c1-13-8-17(9-13)19-11-14(2)7-16(12-19)18-10-15-5-3-4-6-15/h13-18H,3-12H2,1-2H3. The lowest BCUT2D eigenvalue weighted by atomic mass is 9.79. The largest absolute Gasteiger partial charge is 0.312 e. The van der Waals surface area contributed by atoms with Crippen LogP contribution in [0.5, 0.6) is 0 Å². The van der Waals surface area contributed by atoms with Crippen molar-refractivity contribution in [1.82, 2.24) is 10.2 Å². The van der Waals surface area contributed by atoms with E-state index < -0.39 is 0 Å². The number of piperidine rings is 1. The van der Waals surface area contributed by atoms with Gasteiger partial charge in [-0.2, -0.15) is 0 Å². The van der Waals surface area contributed by atoms with E-state index in [-0.39, 0.29) is 0 Å². The van der Waals surface area contributed by atoms with E-state index in [2.05, 4.69) is 24.1 Å². The summed E-state index contributed by atoms with van der Waals surface area (Å²) in [5.74, 6) is 2.84. The molecule has 0 amide bonds. The molecule has 2 nitrogen and oxygen atoms in total. The zero-order valence-corrected chi connectivity index (χ0v) is 12.9. The summed E-state index contributed by atoms with van der Waals surface area (Å²) in [7, 11) is 0. The van der Waals surface area contributed by atoms with Gasteiger partial charge in [-0.3, -0.25) is 4.90 Å². The molecule has 1 N–H and O–H groups in total. The van der Waals surface area contributed by atoms with Crippen molar-refractivity contribution in [3.63, 3.8) is 0 Å². The van der Waals surface area contributed by atoms with Gasteiger partial charge < -0.3 is 5.32 Å². The molecule has 0 bridgehead atoms. The fourth-order valence-corrected chi connectivity index (χ4v) is 4.54. The lowest BCUT2D eigenvalue weighted by Crippen LogP contribution is -2.55. The first-order valence-electron chi connectivity index (χ1n) is 8.68. The topological polar surface area (TPSA) is 15.3 Å². The third kappa shape index (κ3) is 3.52. The van der Waals surface area contributed by atoms with Gasteiger partial charge in [0.05, 0.1) is 0 Å². The number of hydrogen-bond acceptors (Lipinski definition) is 2. The maximum Gasteiger partial charge on any atom is 0.0198 e. The summed E-state index contributed by atoms with van der Waals surface area (Å²) in [6.07, 6.45) is 10.2. The summed E-state index contributed by atoms with van der Waals surface area (Å²) in [6, 6.07) is 1.67. The van der Waals surface area contributed by atoms with Gasteiger partial charge >= 0.3 is 0 Å². The molecule has 0 aromatic carbocycles. The van der Waals surface area contributed by atoms with E-state index in [1.165, 1.54) is 64.6 Å². The van der Waals surface area contributed by atoms with Crippen molar-refractivity contribution in [2.75, 3.05) is 19.6 Å². The molecule has 0 radical (unpaired) electrons. The van der Waals surface area contributed by atoms with E-state index >= 15 is 0 Å². The zero-order chi connectivity index (χ0) is 13.2. The monoisotopic (exact) mass is 264 g/mol. The van der Waals surface area contributed by atoms with Crippen LogP contribution in [0, 0.1) is 17.8 Å². The van der Waals surface area contributed by atoms with Crippen LogP contribution in [-0.4, -0.2) is 36.6 Å². The van der Waals surface area contributed by atoms with E-state index in [1.807, 2.05) is 0 Å². The van der Waals surface area contributed by atoms with Crippen LogP contribution >= 0.6 is 0 Å². The first-order chi connectivity index (χ1) is 9.20. The molecule has 3 rings (SSSR count). The van der Waals surface area contributed by atoms with Gasteiger partial charge in [0, 0.05) is 25.2 Å². The maximum absolute atomic E-state index is 3.90. The normalized spacial score (nSPS) is 41.4. The second-order valence-electron chi connectivity index (χ2n) is 7.78. The Morgan fingerprint density at radius 1 is 0.947 bits per heavy atom. The van der Waals surface area contributed by atoms with Crippen molar-refractivity contribution in [3.8, 4) is 0 Å². The summed E-state index contributed by atoms with van der Waals surface area (Å²) >= 11 is 0. The smallest absolute Gasteiger partial charge is 0.0198 e. The quantitative estimate of drug-likeness (QED) is 0.838. The Kier molecular flexibility index (Phi) is 4.48. The van der Waals surface area contributed by atoms with E-state index in [4.69, 9.17) is 0 Å². The van der Waals surface area contributed by atoms with Crippen LogP contribution in [0.1, 0.15) is 58.8 Å². The second-order valence-corrected chi connectivity index (χ2v) is 7.78. The van der Waals surface area contributed by atoms with Crippen molar-refractivity contribution < 1.29 is 0 Å². The number of rotatable bonds is 4. The van der Waals surface area contributed by atoms with E-state index in [1.54, 1.807) is 0 Å². The van der Waals surface area contributed by atoms with Crippen LogP contribution in [0.2, 0.25) is 0 Å². The van der Waals surface area contributed by atoms with Gasteiger partial charge in [-0.1, -0.05) is 26.7 Å². The highest BCUT2D eigenvalue weighted by Crippen LogP contribution is 2.33. The molecule has 3 fully saturated rings. The molecule has 0 aromatic heterocycles. The molecular weight excluding hydrogens is 232 g/mol. The van der Waals surface area contributed by atoms with E-state index in [9.17, 15) is 0 Å². The fraction of sp³-hybridized carbons (Fsp3) is 1.00. The third-order valence-corrected chi connectivity index (χ3v) is 5.72. The molecule has 1 saturated heterocycles. The molecule has 0 aromatic rings. The Labute approximate surface area is 119 Å². The van der Waals surface area contributed by atoms with Gasteiger partial charge in [0.2, 0.25) is 0 Å². The first kappa shape index (κ1) is 13.9. The minimum Gasteiger partial charge on any atom is -0.312 e. The van der Waals surface area contributed by atoms with Crippen molar-refractivity contribution in [2.24, 2.45) is 17.8 Å². The molecule has 2 atom stereocenters. The van der Waals surface area contributed by atoms with Crippen LogP contribution < -0.4 is 5.32 Å². The van der Waals surface area contributed by atoms with Gasteiger partial charge in [0.25, 0.3) is 0 Å². The van der Waals surface area contributed by atoms with Crippen LogP contribution in [-0.2, 0) is 0 Å². The highest BCUT2D eigenvalue weighted by atomic mass is 15.2. The van der Waals surface area contributed by atoms with E-state index in [0.29, 0.717) is 0 Å². The number of hydrogen-bond donors (Lipinski definition) is 1. The Bertz CT molecular complexity index is 279. The maximum atomic E-state index is 3.90. The number of nitrogens with zero attached hydrogens (tertiary/aromatic N) is 1. The van der Waals surface area contributed by atoms with Gasteiger partial charge in [-0.15, -0.1) is 0 Å². The summed E-state index contributed by atoms with van der Waals surface area (Å²) in [6.45, 7) is 8.79. The summed E-state index contributed by atoms with van der Waals surface area (Å²) < 4.78 is 0. The zero-order valence-electron chi connectivity index (χ0n) is 12.9. The lowest BCUT2D eigenvalue weighted by molar-refractivity contribution is 0.0370. The SMILES string of the molecule is CC1CC(N2CC(C)CC(NCC3CCCC3)C2)C1. The summed E-state index contributed by atoms with van der Waals surface area (Å²) in [4.78, 5) is 2.79. The van der Waals surface area contributed by atoms with Crippen LogP contribution in [0.3, 0.4) is 0 Å². The van der Waals surface area contributed by atoms with Crippen LogP contribution in [0.4, 0.5) is 0 Å². The van der Waals surface area contributed by atoms with Crippen molar-refractivity contribution in [2.45, 2.75) is 70.9 Å². The molecule has 1 heterocycles. The van der Waals surface area contributed by atoms with Gasteiger partial charge in [0.1, 0.15) is 0 Å². The predicted octanol–water partition coefficient (Wildman–Crippen LogP) is 3.28. The lowest BCUT2D eigenvalue weighted by Gasteiger charge is -2.47. The first-order valence-corrected chi connectivity index (χ1v) is 8.68. The molecule has 1 aliphatic heterocycles. The molecule has 2 saturated carbocycles. The highest BCUT2D eigenvalue weighted by molar-refractivity contribution is 4.91. The Morgan fingerprint density at radius 2 is 1.68 bits per heavy atom. The highest BCUT2D eigenvalue weighted by Gasteiger charge is 2.35. The average molecular weight is 264 g/mol. The van der Waals surface area contributed by atoms with Crippen LogP contribution in [0.25, 0.3) is 0 Å². The minimum atomic E-state index is 0.764. The van der Waals surface area contributed by atoms with Gasteiger partial charge in [-0.05, 0) is 56.4 Å². The van der Waals surface area contributed by atoms with Crippen molar-refractivity contribution in [1.29, 1.82) is 0 Å². The Balaban J connectivity index is 1.45. The molecule has 2 aliphatic carbocycles. The second kappa shape index (κ2) is 6.13. The van der Waals surface area contributed by atoms with Crippen LogP contribution in [0.15, 0.2) is 0 Å². The molecule has 2 unspecified atom stereocenters. The van der Waals surface area contributed by atoms with Crippen molar-refractivity contribution in [3.05, 3.63) is 0 Å².